The lowest BCUT2D eigenvalue weighted by atomic mass is 10.2. The van der Waals surface area contributed by atoms with Crippen LogP contribution in [-0.4, -0.2) is 31.9 Å². The fraction of sp³-hybridized carbons (Fsp3) is 0.250. The maximum absolute atomic E-state index is 13.1. The van der Waals surface area contributed by atoms with E-state index in [9.17, 15) is 17.2 Å². The summed E-state index contributed by atoms with van der Waals surface area (Å²) < 4.78 is 57.3. The lowest BCUT2D eigenvalue weighted by Crippen LogP contribution is -2.54. The molecule has 0 atom stereocenters. The number of hydrogen-bond donors (Lipinski definition) is 0. The topological polar surface area (TPSA) is 46.6 Å². The minimum absolute atomic E-state index is 0.0579. The van der Waals surface area contributed by atoms with Gasteiger partial charge in [-0.05, 0) is 42.0 Å². The summed E-state index contributed by atoms with van der Waals surface area (Å²) in [7, 11) is -3.61. The Hall–Kier alpha value is -1.83. The van der Waals surface area contributed by atoms with Crippen LogP contribution in [-0.2, 0) is 21.4 Å². The third-order valence-electron chi connectivity index (χ3n) is 3.64. The van der Waals surface area contributed by atoms with Crippen LogP contribution in [0.15, 0.2) is 53.4 Å². The van der Waals surface area contributed by atoms with Crippen LogP contribution < -0.4 is 0 Å². The molecule has 122 valence electrons. The largest absolute Gasteiger partial charge is 0.371 e. The molecule has 0 amide bonds. The van der Waals surface area contributed by atoms with Gasteiger partial charge in [0.25, 0.3) is 0 Å². The average Bonchev–Trinajstić information content (AvgIpc) is 2.46. The van der Waals surface area contributed by atoms with Crippen LogP contribution in [0.2, 0.25) is 0 Å². The quantitative estimate of drug-likeness (QED) is 0.841. The highest BCUT2D eigenvalue weighted by Gasteiger charge is 2.37. The molecule has 2 aromatic carbocycles. The van der Waals surface area contributed by atoms with Crippen molar-refractivity contribution < 1.29 is 21.9 Å². The molecule has 23 heavy (non-hydrogen) atoms. The van der Waals surface area contributed by atoms with Gasteiger partial charge in [0.1, 0.15) is 11.6 Å². The normalized spacial score (nSPS) is 16.3. The summed E-state index contributed by atoms with van der Waals surface area (Å²) in [5, 5.41) is 0. The van der Waals surface area contributed by atoms with Crippen LogP contribution in [0.25, 0.3) is 0 Å². The van der Waals surface area contributed by atoms with E-state index in [1.165, 1.54) is 28.6 Å². The smallest absolute Gasteiger partial charge is 0.243 e. The molecule has 0 spiro atoms. The van der Waals surface area contributed by atoms with Gasteiger partial charge < -0.3 is 4.74 Å². The molecule has 1 heterocycles. The van der Waals surface area contributed by atoms with Gasteiger partial charge in [-0.25, -0.2) is 17.2 Å². The fourth-order valence-electron chi connectivity index (χ4n) is 2.30. The highest BCUT2D eigenvalue weighted by molar-refractivity contribution is 7.89. The average molecular weight is 339 g/mol. The standard InChI is InChI=1S/C16H15F2NO3S/c17-13-4-6-16(7-5-13)23(20,21)19-9-15(10-19)22-11-12-2-1-3-14(18)8-12/h1-8,15H,9-11H2. The number of nitrogens with zero attached hydrogens (tertiary/aromatic N) is 1. The number of ether oxygens (including phenoxy) is 1. The van der Waals surface area contributed by atoms with Crippen molar-refractivity contribution in [3.8, 4) is 0 Å². The molecule has 4 nitrogen and oxygen atoms in total. The summed E-state index contributed by atoms with van der Waals surface area (Å²) in [5.41, 5.74) is 0.699. The fourth-order valence-corrected chi connectivity index (χ4v) is 3.80. The number of benzene rings is 2. The molecule has 0 unspecified atom stereocenters. The molecule has 3 rings (SSSR count). The Morgan fingerprint density at radius 3 is 2.39 bits per heavy atom. The third kappa shape index (κ3) is 3.57. The Bertz CT molecular complexity index is 787. The predicted octanol–water partition coefficient (Wildman–Crippen LogP) is 2.55. The van der Waals surface area contributed by atoms with Gasteiger partial charge in [0, 0.05) is 13.1 Å². The van der Waals surface area contributed by atoms with E-state index in [0.29, 0.717) is 5.56 Å². The van der Waals surface area contributed by atoms with Gasteiger partial charge in [-0.3, -0.25) is 0 Å². The minimum atomic E-state index is -3.61. The lowest BCUT2D eigenvalue weighted by Gasteiger charge is -2.37. The third-order valence-corrected chi connectivity index (χ3v) is 5.49. The van der Waals surface area contributed by atoms with Crippen LogP contribution in [0.5, 0.6) is 0 Å². The molecule has 0 radical (unpaired) electrons. The molecular formula is C16H15F2NO3S. The van der Waals surface area contributed by atoms with Crippen molar-refractivity contribution >= 4 is 10.0 Å². The molecule has 0 aliphatic carbocycles. The van der Waals surface area contributed by atoms with Gasteiger partial charge >= 0.3 is 0 Å². The van der Waals surface area contributed by atoms with E-state index >= 15 is 0 Å². The first kappa shape index (κ1) is 16.0. The van der Waals surface area contributed by atoms with Crippen LogP contribution in [0.4, 0.5) is 8.78 Å². The maximum Gasteiger partial charge on any atom is 0.243 e. The summed E-state index contributed by atoms with van der Waals surface area (Å²) in [5.74, 6) is -0.816. The zero-order valence-electron chi connectivity index (χ0n) is 12.2. The van der Waals surface area contributed by atoms with E-state index in [0.717, 1.165) is 12.1 Å². The summed E-state index contributed by atoms with van der Waals surface area (Å²) in [6, 6.07) is 10.8. The van der Waals surface area contributed by atoms with Gasteiger partial charge in [0.15, 0.2) is 0 Å². The molecule has 1 fully saturated rings. The highest BCUT2D eigenvalue weighted by Crippen LogP contribution is 2.24. The van der Waals surface area contributed by atoms with Crippen LogP contribution >= 0.6 is 0 Å². The number of halogens is 2. The Morgan fingerprint density at radius 2 is 1.74 bits per heavy atom. The first-order valence-electron chi connectivity index (χ1n) is 7.07. The second-order valence-corrected chi connectivity index (χ2v) is 7.28. The predicted molar refractivity (Wildman–Crippen MR) is 80.1 cm³/mol. The van der Waals surface area contributed by atoms with E-state index in [4.69, 9.17) is 4.74 Å². The Balaban J connectivity index is 1.55. The van der Waals surface area contributed by atoms with E-state index < -0.39 is 15.8 Å². The molecule has 0 bridgehead atoms. The van der Waals surface area contributed by atoms with Crippen molar-refractivity contribution in [2.45, 2.75) is 17.6 Å². The maximum atomic E-state index is 13.1. The molecular weight excluding hydrogens is 324 g/mol. The monoisotopic (exact) mass is 339 g/mol. The van der Waals surface area contributed by atoms with Gasteiger partial charge in [0.05, 0.1) is 17.6 Å². The molecule has 0 aromatic heterocycles. The van der Waals surface area contributed by atoms with Crippen molar-refractivity contribution in [1.82, 2.24) is 4.31 Å². The summed E-state index contributed by atoms with van der Waals surface area (Å²) in [4.78, 5) is 0.0579. The molecule has 2 aromatic rings. The summed E-state index contributed by atoms with van der Waals surface area (Å²) >= 11 is 0. The van der Waals surface area contributed by atoms with Crippen molar-refractivity contribution in [2.24, 2.45) is 0 Å². The lowest BCUT2D eigenvalue weighted by molar-refractivity contribution is -0.0296. The van der Waals surface area contributed by atoms with Crippen molar-refractivity contribution in [2.75, 3.05) is 13.1 Å². The molecule has 1 aliphatic heterocycles. The molecule has 1 saturated heterocycles. The van der Waals surface area contributed by atoms with Gasteiger partial charge in [-0.2, -0.15) is 4.31 Å². The first-order chi connectivity index (χ1) is 10.9. The zero-order valence-corrected chi connectivity index (χ0v) is 13.0. The van der Waals surface area contributed by atoms with E-state index in [2.05, 4.69) is 0 Å². The summed E-state index contributed by atoms with van der Waals surface area (Å²) in [6.45, 7) is 0.691. The van der Waals surface area contributed by atoms with E-state index in [-0.39, 0.29) is 36.5 Å². The Kier molecular flexibility index (Phi) is 4.43. The van der Waals surface area contributed by atoms with Gasteiger partial charge in [-0.15, -0.1) is 0 Å². The van der Waals surface area contributed by atoms with Gasteiger partial charge in [-0.1, -0.05) is 12.1 Å². The molecule has 0 N–H and O–H groups in total. The second-order valence-electron chi connectivity index (χ2n) is 5.34. The second kappa shape index (κ2) is 6.35. The molecule has 0 saturated carbocycles. The zero-order chi connectivity index (χ0) is 16.4. The van der Waals surface area contributed by atoms with Crippen LogP contribution in [0, 0.1) is 11.6 Å². The highest BCUT2D eigenvalue weighted by atomic mass is 32.2. The Labute approximate surface area is 133 Å². The van der Waals surface area contributed by atoms with Crippen LogP contribution in [0.1, 0.15) is 5.56 Å². The van der Waals surface area contributed by atoms with Gasteiger partial charge in [0.2, 0.25) is 10.0 Å². The van der Waals surface area contributed by atoms with Crippen molar-refractivity contribution in [1.29, 1.82) is 0 Å². The minimum Gasteiger partial charge on any atom is -0.371 e. The number of sulfonamides is 1. The van der Waals surface area contributed by atoms with Crippen LogP contribution in [0.3, 0.4) is 0 Å². The van der Waals surface area contributed by atoms with Crippen molar-refractivity contribution in [3.63, 3.8) is 0 Å². The number of rotatable bonds is 5. The number of hydrogen-bond acceptors (Lipinski definition) is 3. The van der Waals surface area contributed by atoms with E-state index in [1.54, 1.807) is 12.1 Å². The summed E-state index contributed by atoms with van der Waals surface area (Å²) in [6.07, 6.45) is -0.228. The molecule has 7 heteroatoms. The Morgan fingerprint density at radius 1 is 1.04 bits per heavy atom. The first-order valence-corrected chi connectivity index (χ1v) is 8.51. The molecule has 1 aliphatic rings. The SMILES string of the molecule is O=S(=O)(c1ccc(F)cc1)N1CC(OCc2cccc(F)c2)C1. The van der Waals surface area contributed by atoms with E-state index in [1.807, 2.05) is 0 Å². The van der Waals surface area contributed by atoms with Crippen molar-refractivity contribution in [3.05, 3.63) is 65.7 Å².